The Labute approximate surface area is 116 Å². The fourth-order valence-electron chi connectivity index (χ4n) is 2.26. The third-order valence-corrected chi connectivity index (χ3v) is 3.33. The number of ether oxygens (including phenoxy) is 2. The van der Waals surface area contributed by atoms with Crippen molar-refractivity contribution in [3.05, 3.63) is 23.8 Å². The number of piperidine rings is 1. The molecule has 1 saturated heterocycles. The van der Waals surface area contributed by atoms with Gasteiger partial charge in [0, 0.05) is 32.3 Å². The zero-order valence-electron chi connectivity index (χ0n) is 11.4. The van der Waals surface area contributed by atoms with E-state index in [1.807, 2.05) is 0 Å². The van der Waals surface area contributed by atoms with Crippen LogP contribution in [-0.4, -0.2) is 44.6 Å². The van der Waals surface area contributed by atoms with E-state index >= 15 is 0 Å². The minimum absolute atomic E-state index is 0.0454. The highest BCUT2D eigenvalue weighted by Gasteiger charge is 2.23. The van der Waals surface area contributed by atoms with Gasteiger partial charge in [0.1, 0.15) is 18.0 Å². The first kappa shape index (κ1) is 15.0. The van der Waals surface area contributed by atoms with Crippen LogP contribution in [0.3, 0.4) is 0 Å². The molecule has 1 aliphatic heterocycles. The summed E-state index contributed by atoms with van der Waals surface area (Å²) in [6.45, 7) is 1.48. The number of benzene rings is 1. The Bertz CT molecular complexity index is 425. The van der Waals surface area contributed by atoms with Gasteiger partial charge in [0.25, 0.3) is 0 Å². The molecule has 0 aromatic heterocycles. The first-order chi connectivity index (χ1) is 9.61. The maximum atomic E-state index is 14.0. The highest BCUT2D eigenvalue weighted by Crippen LogP contribution is 2.30. The van der Waals surface area contributed by atoms with Gasteiger partial charge in [-0.15, -0.1) is 0 Å². The molecule has 0 atom stereocenters. The van der Waals surface area contributed by atoms with Crippen LogP contribution < -0.4 is 9.64 Å². The highest BCUT2D eigenvalue weighted by atomic mass is 19.1. The van der Waals surface area contributed by atoms with Crippen molar-refractivity contribution in [1.82, 2.24) is 0 Å². The maximum absolute atomic E-state index is 14.0. The monoisotopic (exact) mass is 287 g/mol. The molecule has 1 heterocycles. The normalized spacial score (nSPS) is 16.5. The fraction of sp³-hybridized carbons (Fsp3) is 0.571. The SMILES string of the molecule is COCCOc1cc(F)c(N2CCC(O)CC2)c(F)c1. The third kappa shape index (κ3) is 3.58. The molecule has 1 aromatic rings. The van der Waals surface area contributed by atoms with Gasteiger partial charge in [0.15, 0.2) is 11.6 Å². The largest absolute Gasteiger partial charge is 0.491 e. The van der Waals surface area contributed by atoms with Crippen molar-refractivity contribution in [1.29, 1.82) is 0 Å². The number of aliphatic hydroxyl groups excluding tert-OH is 1. The number of aliphatic hydroxyl groups is 1. The second-order valence-corrected chi connectivity index (χ2v) is 4.80. The van der Waals surface area contributed by atoms with E-state index < -0.39 is 11.6 Å². The van der Waals surface area contributed by atoms with Crippen LogP contribution >= 0.6 is 0 Å². The first-order valence-corrected chi connectivity index (χ1v) is 6.65. The van der Waals surface area contributed by atoms with Crippen LogP contribution in [0.25, 0.3) is 0 Å². The van der Waals surface area contributed by atoms with Crippen molar-refractivity contribution in [2.75, 3.05) is 38.3 Å². The highest BCUT2D eigenvalue weighted by molar-refractivity contribution is 5.52. The minimum atomic E-state index is -0.645. The molecule has 0 amide bonds. The van der Waals surface area contributed by atoms with E-state index in [0.717, 1.165) is 0 Å². The van der Waals surface area contributed by atoms with Crippen molar-refractivity contribution in [3.8, 4) is 5.75 Å². The second kappa shape index (κ2) is 6.85. The number of methoxy groups -OCH3 is 1. The molecular formula is C14H19F2NO3. The lowest BCUT2D eigenvalue weighted by molar-refractivity contribution is 0.144. The zero-order valence-corrected chi connectivity index (χ0v) is 11.4. The molecule has 6 heteroatoms. The van der Waals surface area contributed by atoms with Crippen LogP contribution in [0.2, 0.25) is 0 Å². The summed E-state index contributed by atoms with van der Waals surface area (Å²) >= 11 is 0. The molecule has 1 aromatic carbocycles. The zero-order chi connectivity index (χ0) is 14.5. The van der Waals surface area contributed by atoms with Gasteiger partial charge in [-0.25, -0.2) is 8.78 Å². The van der Waals surface area contributed by atoms with Gasteiger partial charge in [-0.3, -0.25) is 0 Å². The molecule has 0 radical (unpaired) electrons. The smallest absolute Gasteiger partial charge is 0.153 e. The average Bonchev–Trinajstić information content (AvgIpc) is 2.40. The molecular weight excluding hydrogens is 268 g/mol. The Morgan fingerprint density at radius 3 is 2.35 bits per heavy atom. The van der Waals surface area contributed by atoms with Crippen LogP contribution in [0, 0.1) is 11.6 Å². The molecule has 0 spiro atoms. The van der Waals surface area contributed by atoms with Crippen molar-refractivity contribution in [2.45, 2.75) is 18.9 Å². The van der Waals surface area contributed by atoms with Crippen LogP contribution in [-0.2, 0) is 4.74 Å². The molecule has 0 bridgehead atoms. The predicted molar refractivity (Wildman–Crippen MR) is 71.2 cm³/mol. The van der Waals surface area contributed by atoms with E-state index in [2.05, 4.69) is 0 Å². The predicted octanol–water partition coefficient (Wildman–Crippen LogP) is 1.95. The van der Waals surface area contributed by atoms with Crippen LogP contribution in [0.5, 0.6) is 5.75 Å². The summed E-state index contributed by atoms with van der Waals surface area (Å²) in [7, 11) is 1.53. The second-order valence-electron chi connectivity index (χ2n) is 4.80. The summed E-state index contributed by atoms with van der Waals surface area (Å²) in [5, 5.41) is 9.43. The quantitative estimate of drug-likeness (QED) is 0.841. The van der Waals surface area contributed by atoms with Crippen molar-refractivity contribution in [3.63, 3.8) is 0 Å². The molecule has 4 nitrogen and oxygen atoms in total. The molecule has 0 unspecified atom stereocenters. The summed E-state index contributed by atoms with van der Waals surface area (Å²) in [6, 6.07) is 2.36. The Morgan fingerprint density at radius 1 is 1.20 bits per heavy atom. The standard InChI is InChI=1S/C14H19F2NO3/c1-19-6-7-20-11-8-12(15)14(13(16)9-11)17-4-2-10(18)3-5-17/h8-10,18H,2-7H2,1H3. The summed E-state index contributed by atoms with van der Waals surface area (Å²) in [5.74, 6) is -1.14. The van der Waals surface area contributed by atoms with E-state index in [-0.39, 0.29) is 24.1 Å². The summed E-state index contributed by atoms with van der Waals surface area (Å²) in [4.78, 5) is 1.62. The molecule has 1 N–H and O–H groups in total. The Morgan fingerprint density at radius 2 is 1.80 bits per heavy atom. The number of nitrogens with zero attached hydrogens (tertiary/aromatic N) is 1. The molecule has 0 aliphatic carbocycles. The van der Waals surface area contributed by atoms with E-state index in [0.29, 0.717) is 32.5 Å². The number of rotatable bonds is 5. The molecule has 112 valence electrons. The van der Waals surface area contributed by atoms with Crippen molar-refractivity contribution < 1.29 is 23.4 Å². The van der Waals surface area contributed by atoms with Gasteiger partial charge >= 0.3 is 0 Å². The van der Waals surface area contributed by atoms with Crippen LogP contribution in [0.15, 0.2) is 12.1 Å². The molecule has 1 fully saturated rings. The van der Waals surface area contributed by atoms with E-state index in [1.165, 1.54) is 19.2 Å². The lowest BCUT2D eigenvalue weighted by Gasteiger charge is -2.32. The van der Waals surface area contributed by atoms with Crippen LogP contribution in [0.1, 0.15) is 12.8 Å². The molecule has 0 saturated carbocycles. The first-order valence-electron chi connectivity index (χ1n) is 6.65. The van der Waals surface area contributed by atoms with Crippen molar-refractivity contribution >= 4 is 5.69 Å². The Hall–Kier alpha value is -1.40. The Balaban J connectivity index is 2.10. The summed E-state index contributed by atoms with van der Waals surface area (Å²) in [6.07, 6.45) is 0.657. The van der Waals surface area contributed by atoms with Gasteiger partial charge in [-0.1, -0.05) is 0 Å². The number of hydrogen-bond acceptors (Lipinski definition) is 4. The number of halogens is 2. The molecule has 2 rings (SSSR count). The molecule has 20 heavy (non-hydrogen) atoms. The number of hydrogen-bond donors (Lipinski definition) is 1. The van der Waals surface area contributed by atoms with E-state index in [4.69, 9.17) is 9.47 Å². The minimum Gasteiger partial charge on any atom is -0.491 e. The van der Waals surface area contributed by atoms with Gasteiger partial charge in [0.05, 0.1) is 12.7 Å². The maximum Gasteiger partial charge on any atom is 0.153 e. The third-order valence-electron chi connectivity index (χ3n) is 3.33. The van der Waals surface area contributed by atoms with E-state index in [1.54, 1.807) is 4.90 Å². The van der Waals surface area contributed by atoms with Crippen LogP contribution in [0.4, 0.5) is 14.5 Å². The van der Waals surface area contributed by atoms with Gasteiger partial charge in [-0.05, 0) is 12.8 Å². The summed E-state index contributed by atoms with van der Waals surface area (Å²) in [5.41, 5.74) is -0.0454. The summed E-state index contributed by atoms with van der Waals surface area (Å²) < 4.78 is 38.1. The fourth-order valence-corrected chi connectivity index (χ4v) is 2.26. The van der Waals surface area contributed by atoms with Gasteiger partial charge in [0.2, 0.25) is 0 Å². The molecule has 1 aliphatic rings. The van der Waals surface area contributed by atoms with Gasteiger partial charge in [-0.2, -0.15) is 0 Å². The lowest BCUT2D eigenvalue weighted by atomic mass is 10.1. The average molecular weight is 287 g/mol. The number of anilines is 1. The lowest BCUT2D eigenvalue weighted by Crippen LogP contribution is -2.36. The topological polar surface area (TPSA) is 41.9 Å². The van der Waals surface area contributed by atoms with Gasteiger partial charge < -0.3 is 19.5 Å². The van der Waals surface area contributed by atoms with E-state index in [9.17, 15) is 13.9 Å². The van der Waals surface area contributed by atoms with Crippen molar-refractivity contribution in [2.24, 2.45) is 0 Å². The Kier molecular flexibility index (Phi) is 5.14.